The van der Waals surface area contributed by atoms with Gasteiger partial charge in [0.2, 0.25) is 5.90 Å². The predicted octanol–water partition coefficient (Wildman–Crippen LogP) is 5.63. The molecule has 1 aliphatic carbocycles. The van der Waals surface area contributed by atoms with Gasteiger partial charge in [-0.15, -0.1) is 0 Å². The zero-order valence-corrected chi connectivity index (χ0v) is 17.2. The fraction of sp³-hybridized carbons (Fsp3) is 0.130. The molecule has 0 saturated carbocycles. The second kappa shape index (κ2) is 9.40. The number of rotatable bonds is 7. The normalized spacial score (nSPS) is 14.0. The molecule has 0 atom stereocenters. The number of pyridine rings is 1. The van der Waals surface area contributed by atoms with Gasteiger partial charge < -0.3 is 13.9 Å². The summed E-state index contributed by atoms with van der Waals surface area (Å²) >= 11 is 6.03. The molecule has 0 radical (unpaired) electrons. The lowest BCUT2D eigenvalue weighted by Crippen LogP contribution is -2.06. The van der Waals surface area contributed by atoms with E-state index in [-0.39, 0.29) is 12.5 Å². The topological polar surface area (TPSA) is 105 Å². The highest BCUT2D eigenvalue weighted by Crippen LogP contribution is 2.27. The van der Waals surface area contributed by atoms with Crippen LogP contribution in [0.5, 0.6) is 5.75 Å². The Labute approximate surface area is 183 Å². The van der Waals surface area contributed by atoms with Crippen LogP contribution in [0.15, 0.2) is 76.0 Å². The second-order valence-electron chi connectivity index (χ2n) is 6.77. The summed E-state index contributed by atoms with van der Waals surface area (Å²) in [5.74, 6) is 0.562. The highest BCUT2D eigenvalue weighted by molar-refractivity contribution is 6.29. The highest BCUT2D eigenvalue weighted by Gasteiger charge is 2.13. The SMILES string of the molecule is N=COC(=N)C(=CC1=CC=C(Cl)CC1)c1ccc(OCc2ccc3ocnc3n2)cc1. The van der Waals surface area contributed by atoms with Gasteiger partial charge in [0.1, 0.15) is 12.4 Å². The van der Waals surface area contributed by atoms with Crippen LogP contribution < -0.4 is 4.74 Å². The molecule has 8 heteroatoms. The molecule has 0 unspecified atom stereocenters. The largest absolute Gasteiger partial charge is 0.487 e. The third kappa shape index (κ3) is 5.07. The predicted molar refractivity (Wildman–Crippen MR) is 119 cm³/mol. The summed E-state index contributed by atoms with van der Waals surface area (Å²) in [7, 11) is 0. The number of benzene rings is 1. The molecule has 2 N–H and O–H groups in total. The van der Waals surface area contributed by atoms with Crippen LogP contribution in [0.25, 0.3) is 16.8 Å². The van der Waals surface area contributed by atoms with Gasteiger partial charge in [0.05, 0.1) is 5.69 Å². The van der Waals surface area contributed by atoms with E-state index in [1.807, 2.05) is 54.6 Å². The minimum atomic E-state index is -0.102. The molecule has 2 heterocycles. The lowest BCUT2D eigenvalue weighted by atomic mass is 9.98. The maximum atomic E-state index is 8.18. The van der Waals surface area contributed by atoms with Crippen LogP contribution >= 0.6 is 11.6 Å². The summed E-state index contributed by atoms with van der Waals surface area (Å²) in [5.41, 5.74) is 4.31. The number of nitrogens with zero attached hydrogens (tertiary/aromatic N) is 2. The van der Waals surface area contributed by atoms with Gasteiger partial charge in [0.15, 0.2) is 24.0 Å². The zero-order chi connectivity index (χ0) is 21.6. The Balaban J connectivity index is 1.50. The van der Waals surface area contributed by atoms with Crippen molar-refractivity contribution >= 4 is 40.7 Å². The highest BCUT2D eigenvalue weighted by atomic mass is 35.5. The Morgan fingerprint density at radius 2 is 1.97 bits per heavy atom. The first kappa shape index (κ1) is 20.6. The van der Waals surface area contributed by atoms with Gasteiger partial charge in [-0.25, -0.2) is 4.98 Å². The molecule has 0 fully saturated rings. The fourth-order valence-electron chi connectivity index (χ4n) is 3.10. The number of hydrogen-bond donors (Lipinski definition) is 2. The number of nitrogens with one attached hydrogen (secondary N) is 2. The molecule has 0 saturated heterocycles. The molecule has 1 aliphatic rings. The number of allylic oxidation sites excluding steroid dienone is 5. The van der Waals surface area contributed by atoms with E-state index in [1.165, 1.54) is 6.39 Å². The summed E-state index contributed by atoms with van der Waals surface area (Å²) in [4.78, 5) is 8.43. The summed E-state index contributed by atoms with van der Waals surface area (Å²) in [6.45, 7) is 0.289. The number of fused-ring (bicyclic) bond motifs is 1. The number of halogens is 1. The third-order valence-electron chi connectivity index (χ3n) is 4.69. The Morgan fingerprint density at radius 3 is 2.71 bits per heavy atom. The van der Waals surface area contributed by atoms with Crippen molar-refractivity contribution in [2.24, 2.45) is 0 Å². The van der Waals surface area contributed by atoms with Crippen molar-refractivity contribution in [1.29, 1.82) is 10.8 Å². The molecular formula is C23H19ClN4O3. The molecule has 0 spiro atoms. The van der Waals surface area contributed by atoms with E-state index in [9.17, 15) is 0 Å². The molecule has 1 aromatic carbocycles. The van der Waals surface area contributed by atoms with Crippen LogP contribution in [0.1, 0.15) is 24.1 Å². The Hall–Kier alpha value is -3.71. The van der Waals surface area contributed by atoms with E-state index in [1.54, 1.807) is 0 Å². The minimum absolute atomic E-state index is 0.102. The molecule has 7 nitrogen and oxygen atoms in total. The first-order chi connectivity index (χ1) is 15.1. The van der Waals surface area contributed by atoms with Gasteiger partial charge in [-0.3, -0.25) is 10.8 Å². The van der Waals surface area contributed by atoms with Gasteiger partial charge in [-0.05, 0) is 60.4 Å². The molecule has 2 aromatic heterocycles. The van der Waals surface area contributed by atoms with Gasteiger partial charge in [0.25, 0.3) is 0 Å². The van der Waals surface area contributed by atoms with E-state index < -0.39 is 0 Å². The van der Waals surface area contributed by atoms with Crippen LogP contribution in [0.3, 0.4) is 0 Å². The molecule has 0 aliphatic heterocycles. The van der Waals surface area contributed by atoms with Crippen molar-refractivity contribution in [3.63, 3.8) is 0 Å². The lowest BCUT2D eigenvalue weighted by Gasteiger charge is -2.13. The van der Waals surface area contributed by atoms with Crippen LogP contribution in [-0.4, -0.2) is 22.3 Å². The summed E-state index contributed by atoms with van der Waals surface area (Å²) in [6.07, 6.45) is 9.32. The number of hydrogen-bond acceptors (Lipinski definition) is 7. The molecule has 3 aromatic rings. The van der Waals surface area contributed by atoms with E-state index in [0.29, 0.717) is 22.6 Å². The summed E-state index contributed by atoms with van der Waals surface area (Å²) in [5, 5.41) is 16.1. The molecular weight excluding hydrogens is 416 g/mol. The first-order valence-electron chi connectivity index (χ1n) is 9.56. The molecule has 156 valence electrons. The van der Waals surface area contributed by atoms with Gasteiger partial charge in [-0.1, -0.05) is 29.8 Å². The Kier molecular flexibility index (Phi) is 6.24. The molecule has 0 bridgehead atoms. The van der Waals surface area contributed by atoms with E-state index >= 15 is 0 Å². The van der Waals surface area contributed by atoms with Crippen molar-refractivity contribution in [3.05, 3.63) is 82.9 Å². The Bertz CT molecular complexity index is 1210. The van der Waals surface area contributed by atoms with E-state index in [4.69, 9.17) is 36.3 Å². The van der Waals surface area contributed by atoms with Crippen molar-refractivity contribution < 1.29 is 13.9 Å². The average molecular weight is 435 g/mol. The van der Waals surface area contributed by atoms with Crippen molar-refractivity contribution in [2.45, 2.75) is 19.4 Å². The van der Waals surface area contributed by atoms with Gasteiger partial charge >= 0.3 is 0 Å². The summed E-state index contributed by atoms with van der Waals surface area (Å²) < 4.78 is 16.0. The van der Waals surface area contributed by atoms with E-state index in [0.717, 1.165) is 41.1 Å². The average Bonchev–Trinajstić information content (AvgIpc) is 3.26. The zero-order valence-electron chi connectivity index (χ0n) is 16.5. The number of ether oxygens (including phenoxy) is 2. The van der Waals surface area contributed by atoms with Crippen molar-refractivity contribution in [1.82, 2.24) is 9.97 Å². The molecule has 0 amide bonds. The van der Waals surface area contributed by atoms with Crippen LogP contribution in [0.4, 0.5) is 0 Å². The summed E-state index contributed by atoms with van der Waals surface area (Å²) in [6, 6.07) is 11.0. The van der Waals surface area contributed by atoms with Crippen LogP contribution in [0.2, 0.25) is 0 Å². The van der Waals surface area contributed by atoms with Crippen LogP contribution in [-0.2, 0) is 11.3 Å². The first-order valence-corrected chi connectivity index (χ1v) is 9.94. The molecule has 4 rings (SSSR count). The standard InChI is InChI=1S/C23H19ClN4O3/c24-17-5-1-15(2-6-17)11-20(22(26)30-13-25)16-3-8-19(9-4-16)29-12-18-7-10-21-23(28-18)27-14-31-21/h1,3-5,7-11,13-14,25-26H,2,6,12H2. The maximum absolute atomic E-state index is 8.18. The number of oxazole rings is 1. The van der Waals surface area contributed by atoms with Crippen molar-refractivity contribution in [3.8, 4) is 5.75 Å². The van der Waals surface area contributed by atoms with Gasteiger partial charge in [0, 0.05) is 10.6 Å². The fourth-order valence-corrected chi connectivity index (χ4v) is 3.25. The Morgan fingerprint density at radius 1 is 1.13 bits per heavy atom. The maximum Gasteiger partial charge on any atom is 0.221 e. The van der Waals surface area contributed by atoms with Gasteiger partial charge in [-0.2, -0.15) is 4.98 Å². The smallest absolute Gasteiger partial charge is 0.221 e. The third-order valence-corrected chi connectivity index (χ3v) is 5.00. The van der Waals surface area contributed by atoms with E-state index in [2.05, 4.69) is 9.97 Å². The second-order valence-corrected chi connectivity index (χ2v) is 7.25. The minimum Gasteiger partial charge on any atom is -0.487 e. The lowest BCUT2D eigenvalue weighted by molar-refractivity contribution is 0.301. The molecule has 31 heavy (non-hydrogen) atoms. The quantitative estimate of drug-likeness (QED) is 0.370. The van der Waals surface area contributed by atoms with Crippen LogP contribution in [0, 0.1) is 10.8 Å². The monoisotopic (exact) mass is 434 g/mol. The van der Waals surface area contributed by atoms with Crippen molar-refractivity contribution in [2.75, 3.05) is 0 Å². The number of aromatic nitrogens is 2.